The molecule has 3 heterocycles. The summed E-state index contributed by atoms with van der Waals surface area (Å²) in [5.41, 5.74) is 9.97. The van der Waals surface area contributed by atoms with Crippen molar-refractivity contribution in [2.45, 2.75) is 58.3 Å². The Hall–Kier alpha value is -2.94. The van der Waals surface area contributed by atoms with E-state index in [-0.39, 0.29) is 30.9 Å². The lowest BCUT2D eigenvalue weighted by Crippen LogP contribution is -2.70. The van der Waals surface area contributed by atoms with Gasteiger partial charge in [-0.15, -0.1) is 0 Å². The van der Waals surface area contributed by atoms with E-state index in [9.17, 15) is 14.0 Å². The Kier molecular flexibility index (Phi) is 6.53. The second-order valence-electron chi connectivity index (χ2n) is 10.2. The molecule has 3 N–H and O–H groups in total. The van der Waals surface area contributed by atoms with Crippen LogP contribution in [-0.2, 0) is 24.2 Å². The van der Waals surface area contributed by atoms with Crippen molar-refractivity contribution in [2.24, 2.45) is 0 Å². The number of anilines is 1. The van der Waals surface area contributed by atoms with Crippen LogP contribution in [0, 0.1) is 13.8 Å². The quantitative estimate of drug-likeness (QED) is 0.706. The fourth-order valence-corrected chi connectivity index (χ4v) is 5.60. The second-order valence-corrected chi connectivity index (χ2v) is 10.2. The van der Waals surface area contributed by atoms with Gasteiger partial charge in [0.15, 0.2) is 11.9 Å². The average Bonchev–Trinajstić information content (AvgIpc) is 3.46. The molecule has 1 aliphatic carbocycles. The van der Waals surface area contributed by atoms with E-state index in [1.807, 2.05) is 4.90 Å². The Labute approximate surface area is 205 Å². The number of aryl methyl sites for hydroxylation is 1. The number of aromatic nitrogens is 2. The van der Waals surface area contributed by atoms with Crippen molar-refractivity contribution < 1.29 is 19.7 Å². The van der Waals surface area contributed by atoms with Gasteiger partial charge in [0.05, 0.1) is 6.54 Å². The van der Waals surface area contributed by atoms with Crippen LogP contribution in [0.2, 0.25) is 0 Å². The van der Waals surface area contributed by atoms with Crippen LogP contribution in [-0.4, -0.2) is 82.9 Å². The number of hydrogen-bond acceptors (Lipinski definition) is 4. The zero-order chi connectivity index (χ0) is 24.7. The minimum atomic E-state index is -1.10. The van der Waals surface area contributed by atoms with Crippen LogP contribution in [0.1, 0.15) is 45.7 Å². The molecular weight excluding hydrogens is 447 g/mol. The molecule has 0 spiro atoms. The summed E-state index contributed by atoms with van der Waals surface area (Å²) in [6.45, 7) is 7.90. The van der Waals surface area contributed by atoms with Crippen molar-refractivity contribution in [3.05, 3.63) is 46.3 Å². The number of alkyl halides is 1. The molecule has 8 nitrogen and oxygen atoms in total. The van der Waals surface area contributed by atoms with E-state index in [1.165, 1.54) is 16.8 Å². The number of carbonyl (C=O) groups is 2. The molecule has 2 amide bonds. The zero-order valence-corrected chi connectivity index (χ0v) is 20.8. The van der Waals surface area contributed by atoms with Crippen molar-refractivity contribution in [2.75, 3.05) is 44.2 Å². The van der Waals surface area contributed by atoms with Crippen molar-refractivity contribution in [1.29, 1.82) is 0 Å². The van der Waals surface area contributed by atoms with Crippen LogP contribution >= 0.6 is 0 Å². The first kappa shape index (κ1) is 23.8. The fraction of sp³-hybridized carbons (Fsp3) is 0.577. The SMILES string of the molecule is Cc1cccc(N2CCN(C(=O)Cn3nc(C(=O)N4CC[C@H]([NH3+])[C@H](F)C4)c4c3CCC4)CC2)c1C. The Morgan fingerprint density at radius 1 is 1.09 bits per heavy atom. The van der Waals surface area contributed by atoms with Crippen molar-refractivity contribution in [1.82, 2.24) is 19.6 Å². The number of piperazine rings is 1. The Bertz CT molecular complexity index is 1120. The maximum Gasteiger partial charge on any atom is 0.274 e. The number of rotatable bonds is 4. The van der Waals surface area contributed by atoms with Crippen molar-refractivity contribution >= 4 is 17.5 Å². The molecule has 9 heteroatoms. The lowest BCUT2D eigenvalue weighted by molar-refractivity contribution is -0.437. The Morgan fingerprint density at radius 3 is 2.60 bits per heavy atom. The van der Waals surface area contributed by atoms with E-state index in [4.69, 9.17) is 0 Å². The molecule has 2 aliphatic heterocycles. The van der Waals surface area contributed by atoms with Crippen LogP contribution in [0.3, 0.4) is 0 Å². The number of piperidine rings is 1. The number of halogens is 1. The number of hydrogen-bond donors (Lipinski definition) is 1. The van der Waals surface area contributed by atoms with E-state index in [0.29, 0.717) is 31.7 Å². The average molecular weight is 484 g/mol. The smallest absolute Gasteiger partial charge is 0.274 e. The van der Waals surface area contributed by atoms with Gasteiger partial charge in [-0.1, -0.05) is 12.1 Å². The summed E-state index contributed by atoms with van der Waals surface area (Å²) in [4.78, 5) is 32.2. The topological polar surface area (TPSA) is 89.3 Å². The number of carbonyl (C=O) groups excluding carboxylic acids is 2. The van der Waals surface area contributed by atoms with Gasteiger partial charge >= 0.3 is 0 Å². The van der Waals surface area contributed by atoms with E-state index >= 15 is 0 Å². The molecule has 35 heavy (non-hydrogen) atoms. The van der Waals surface area contributed by atoms with Crippen LogP contribution in [0.4, 0.5) is 10.1 Å². The third-order valence-corrected chi connectivity index (χ3v) is 8.01. The molecule has 1 aromatic carbocycles. The Morgan fingerprint density at radius 2 is 1.86 bits per heavy atom. The van der Waals surface area contributed by atoms with Gasteiger partial charge in [0.1, 0.15) is 12.6 Å². The number of nitrogens with zero attached hydrogens (tertiary/aromatic N) is 5. The largest absolute Gasteiger partial charge is 0.368 e. The summed E-state index contributed by atoms with van der Waals surface area (Å²) in [5, 5.41) is 4.60. The molecule has 0 radical (unpaired) electrons. The van der Waals surface area contributed by atoms with Crippen LogP contribution < -0.4 is 10.6 Å². The minimum absolute atomic E-state index is 0.0310. The molecule has 3 aliphatic rings. The van der Waals surface area contributed by atoms with Crippen molar-refractivity contribution in [3.8, 4) is 0 Å². The maximum atomic E-state index is 14.2. The summed E-state index contributed by atoms with van der Waals surface area (Å²) >= 11 is 0. The molecule has 2 atom stereocenters. The van der Waals surface area contributed by atoms with Gasteiger partial charge in [-0.05, 0) is 50.3 Å². The predicted octanol–water partition coefficient (Wildman–Crippen LogP) is 1.13. The molecule has 2 saturated heterocycles. The molecule has 2 fully saturated rings. The lowest BCUT2D eigenvalue weighted by Gasteiger charge is -2.37. The summed E-state index contributed by atoms with van der Waals surface area (Å²) in [7, 11) is 0. The first-order chi connectivity index (χ1) is 16.8. The fourth-order valence-electron chi connectivity index (χ4n) is 5.60. The molecular formula is C26H36FN6O2+. The van der Waals surface area contributed by atoms with E-state index in [1.54, 1.807) is 9.58 Å². The van der Waals surface area contributed by atoms with Gasteiger partial charge in [0.2, 0.25) is 5.91 Å². The molecule has 188 valence electrons. The number of fused-ring (bicyclic) bond motifs is 1. The predicted molar refractivity (Wildman–Crippen MR) is 131 cm³/mol. The van der Waals surface area contributed by atoms with E-state index in [2.05, 4.69) is 47.8 Å². The first-order valence-corrected chi connectivity index (χ1v) is 12.8. The van der Waals surface area contributed by atoms with Gasteiger partial charge < -0.3 is 20.4 Å². The number of benzene rings is 1. The maximum absolute atomic E-state index is 14.2. The van der Waals surface area contributed by atoms with Crippen LogP contribution in [0.25, 0.3) is 0 Å². The molecule has 0 saturated carbocycles. The monoisotopic (exact) mass is 483 g/mol. The molecule has 5 rings (SSSR count). The molecule has 0 bridgehead atoms. The molecule has 2 aromatic rings. The summed E-state index contributed by atoms with van der Waals surface area (Å²) in [5.74, 6) is -0.186. The van der Waals surface area contributed by atoms with Gasteiger partial charge in [0.25, 0.3) is 5.91 Å². The highest BCUT2D eigenvalue weighted by Gasteiger charge is 2.36. The standard InChI is InChI=1S/C26H35FN6O2/c1-17-5-3-7-22(18(17)2)30-11-13-31(14-12-30)24(34)16-33-23-8-4-6-19(23)25(29-33)26(35)32-10-9-21(28)20(27)15-32/h3,5,7,20-21H,4,6,8-16,28H2,1-2H3/p+1/t20-,21+/m1/s1. The van der Waals surface area contributed by atoms with Crippen molar-refractivity contribution in [3.63, 3.8) is 0 Å². The summed E-state index contributed by atoms with van der Waals surface area (Å²) in [6.07, 6.45) is 2.00. The number of amides is 2. The first-order valence-electron chi connectivity index (χ1n) is 12.8. The normalized spacial score (nSPS) is 22.5. The van der Waals surface area contributed by atoms with Gasteiger partial charge in [-0.3, -0.25) is 14.3 Å². The third kappa shape index (κ3) is 4.53. The third-order valence-electron chi connectivity index (χ3n) is 8.01. The van der Waals surface area contributed by atoms with Gasteiger partial charge in [-0.25, -0.2) is 4.39 Å². The lowest BCUT2D eigenvalue weighted by atomic mass is 10.0. The summed E-state index contributed by atoms with van der Waals surface area (Å²) in [6, 6.07) is 6.09. The highest BCUT2D eigenvalue weighted by molar-refractivity contribution is 5.94. The highest BCUT2D eigenvalue weighted by atomic mass is 19.1. The second kappa shape index (κ2) is 9.60. The minimum Gasteiger partial charge on any atom is -0.368 e. The molecule has 0 unspecified atom stereocenters. The molecule has 1 aromatic heterocycles. The van der Waals surface area contributed by atoms with E-state index in [0.717, 1.165) is 43.6 Å². The number of likely N-dealkylation sites (tertiary alicyclic amines) is 1. The zero-order valence-electron chi connectivity index (χ0n) is 20.8. The van der Waals surface area contributed by atoms with Gasteiger partial charge in [-0.2, -0.15) is 5.10 Å². The van der Waals surface area contributed by atoms with Crippen LogP contribution in [0.15, 0.2) is 18.2 Å². The Balaban J connectivity index is 1.25. The number of quaternary nitrogens is 1. The van der Waals surface area contributed by atoms with Gasteiger partial charge in [0, 0.05) is 56.1 Å². The highest BCUT2D eigenvalue weighted by Crippen LogP contribution is 2.28. The van der Waals surface area contributed by atoms with E-state index < -0.39 is 6.17 Å². The van der Waals surface area contributed by atoms with Crippen LogP contribution in [0.5, 0.6) is 0 Å². The summed E-state index contributed by atoms with van der Waals surface area (Å²) < 4.78 is 15.9.